The van der Waals surface area contributed by atoms with Crippen molar-refractivity contribution in [2.45, 2.75) is 26.3 Å². The lowest BCUT2D eigenvalue weighted by molar-refractivity contribution is -0.145. The van der Waals surface area contributed by atoms with Gasteiger partial charge >= 0.3 is 5.97 Å². The Hall–Kier alpha value is -1.79. The molecule has 0 radical (unpaired) electrons. The van der Waals surface area contributed by atoms with Crippen LogP contribution in [0.3, 0.4) is 0 Å². The van der Waals surface area contributed by atoms with E-state index in [1.165, 1.54) is 7.11 Å². The average molecular weight is 345 g/mol. The molecule has 0 bridgehead atoms. The summed E-state index contributed by atoms with van der Waals surface area (Å²) in [7, 11) is 1.33. The Kier molecular flexibility index (Phi) is 10.0. The van der Waals surface area contributed by atoms with E-state index in [4.69, 9.17) is 15.2 Å². The van der Waals surface area contributed by atoms with E-state index in [0.29, 0.717) is 13.0 Å². The van der Waals surface area contributed by atoms with Gasteiger partial charge in [0, 0.05) is 6.54 Å². The van der Waals surface area contributed by atoms with Crippen LogP contribution in [0.1, 0.15) is 19.4 Å². The number of carbonyl (C=O) groups excluding carboxylic acids is 2. The average Bonchev–Trinajstić information content (AvgIpc) is 2.52. The third kappa shape index (κ3) is 7.34. The van der Waals surface area contributed by atoms with Gasteiger partial charge in [0.1, 0.15) is 5.75 Å². The predicted octanol–water partition coefficient (Wildman–Crippen LogP) is 1.30. The molecule has 1 amide bonds. The second-order valence-corrected chi connectivity index (χ2v) is 5.03. The van der Waals surface area contributed by atoms with Crippen molar-refractivity contribution in [1.29, 1.82) is 0 Å². The summed E-state index contributed by atoms with van der Waals surface area (Å²) >= 11 is 0. The maximum Gasteiger partial charge on any atom is 0.310 e. The van der Waals surface area contributed by atoms with Gasteiger partial charge in [0.25, 0.3) is 0 Å². The Morgan fingerprint density at radius 3 is 2.35 bits per heavy atom. The van der Waals surface area contributed by atoms with Crippen molar-refractivity contribution in [2.75, 3.05) is 20.3 Å². The molecule has 1 aromatic rings. The number of carbonyl (C=O) groups is 2. The molecule has 0 saturated heterocycles. The molecular formula is C16H25ClN2O4. The number of hydrogen-bond acceptors (Lipinski definition) is 5. The Morgan fingerprint density at radius 2 is 1.87 bits per heavy atom. The van der Waals surface area contributed by atoms with E-state index >= 15 is 0 Å². The lowest BCUT2D eigenvalue weighted by Gasteiger charge is -2.16. The normalized spacial score (nSPS) is 12.5. The van der Waals surface area contributed by atoms with Crippen LogP contribution in [-0.2, 0) is 20.7 Å². The highest BCUT2D eigenvalue weighted by Gasteiger charge is 2.21. The maximum absolute atomic E-state index is 11.8. The number of methoxy groups -OCH3 is 1. The number of amides is 1. The first-order chi connectivity index (χ1) is 10.5. The van der Waals surface area contributed by atoms with Crippen molar-refractivity contribution in [1.82, 2.24) is 5.32 Å². The van der Waals surface area contributed by atoms with Gasteiger partial charge in [-0.2, -0.15) is 0 Å². The zero-order valence-electron chi connectivity index (χ0n) is 13.7. The van der Waals surface area contributed by atoms with Crippen LogP contribution in [-0.4, -0.2) is 38.2 Å². The molecule has 0 aliphatic rings. The van der Waals surface area contributed by atoms with Crippen LogP contribution in [0.25, 0.3) is 0 Å². The molecule has 1 aromatic carbocycles. The first kappa shape index (κ1) is 21.2. The summed E-state index contributed by atoms with van der Waals surface area (Å²) in [5.74, 6) is -0.323. The van der Waals surface area contributed by atoms with Gasteiger partial charge in [0.05, 0.1) is 25.7 Å². The van der Waals surface area contributed by atoms with Gasteiger partial charge in [-0.25, -0.2) is 0 Å². The van der Waals surface area contributed by atoms with Gasteiger partial charge in [0.15, 0.2) is 0 Å². The molecule has 1 rings (SSSR count). The first-order valence-corrected chi connectivity index (χ1v) is 7.30. The lowest BCUT2D eigenvalue weighted by Crippen LogP contribution is -2.42. The van der Waals surface area contributed by atoms with Gasteiger partial charge in [0.2, 0.25) is 5.91 Å². The van der Waals surface area contributed by atoms with Crippen LogP contribution in [0, 0.1) is 5.92 Å². The van der Waals surface area contributed by atoms with Gasteiger partial charge in [-0.1, -0.05) is 12.1 Å². The Labute approximate surface area is 143 Å². The SMILES string of the molecule is CCOc1ccc(CC(CNC(=O)[C@H](C)N)C(=O)OC)cc1.Cl. The van der Waals surface area contributed by atoms with Gasteiger partial charge < -0.3 is 20.5 Å². The van der Waals surface area contributed by atoms with Gasteiger partial charge in [-0.15, -0.1) is 12.4 Å². The molecule has 3 N–H and O–H groups in total. The van der Waals surface area contributed by atoms with Crippen LogP contribution >= 0.6 is 12.4 Å². The van der Waals surface area contributed by atoms with Crippen LogP contribution in [0.15, 0.2) is 24.3 Å². The fraction of sp³-hybridized carbons (Fsp3) is 0.500. The second kappa shape index (κ2) is 10.9. The van der Waals surface area contributed by atoms with Crippen LogP contribution in [0.2, 0.25) is 0 Å². The number of hydrogen-bond donors (Lipinski definition) is 2. The molecule has 0 aromatic heterocycles. The summed E-state index contributed by atoms with van der Waals surface area (Å²) in [4.78, 5) is 23.4. The minimum absolute atomic E-state index is 0. The topological polar surface area (TPSA) is 90.6 Å². The quantitative estimate of drug-likeness (QED) is 0.694. The molecule has 2 atom stereocenters. The highest BCUT2D eigenvalue weighted by Crippen LogP contribution is 2.15. The molecule has 0 aliphatic carbocycles. The van der Waals surface area contributed by atoms with Crippen molar-refractivity contribution >= 4 is 24.3 Å². The molecule has 23 heavy (non-hydrogen) atoms. The van der Waals surface area contributed by atoms with Crippen molar-refractivity contribution in [3.63, 3.8) is 0 Å². The zero-order chi connectivity index (χ0) is 16.5. The van der Waals surface area contributed by atoms with E-state index < -0.39 is 12.0 Å². The second-order valence-electron chi connectivity index (χ2n) is 5.03. The summed E-state index contributed by atoms with van der Waals surface area (Å²) in [6, 6.07) is 6.90. The highest BCUT2D eigenvalue weighted by atomic mass is 35.5. The van der Waals surface area contributed by atoms with E-state index in [-0.39, 0.29) is 30.8 Å². The van der Waals surface area contributed by atoms with Crippen LogP contribution in [0.4, 0.5) is 0 Å². The van der Waals surface area contributed by atoms with E-state index in [1.54, 1.807) is 6.92 Å². The fourth-order valence-corrected chi connectivity index (χ4v) is 1.96. The molecule has 7 heteroatoms. The molecule has 0 aliphatic heterocycles. The maximum atomic E-state index is 11.8. The minimum Gasteiger partial charge on any atom is -0.494 e. The van der Waals surface area contributed by atoms with Crippen molar-refractivity contribution in [3.8, 4) is 5.75 Å². The molecule has 0 saturated carbocycles. The standard InChI is InChI=1S/C16H24N2O4.ClH/c1-4-22-14-7-5-12(6-8-14)9-13(16(20)21-3)10-18-15(19)11(2)17;/h5-8,11,13H,4,9-10,17H2,1-3H3,(H,18,19);1H/t11-,13?;/m0./s1. The zero-order valence-corrected chi connectivity index (χ0v) is 14.5. The summed E-state index contributed by atoms with van der Waals surface area (Å²) in [5, 5.41) is 2.66. The number of nitrogens with two attached hydrogens (primary N) is 1. The van der Waals surface area contributed by atoms with E-state index in [9.17, 15) is 9.59 Å². The fourth-order valence-electron chi connectivity index (χ4n) is 1.96. The molecule has 0 fully saturated rings. The summed E-state index contributed by atoms with van der Waals surface area (Å²) in [5.41, 5.74) is 6.45. The Balaban J connectivity index is 0.00000484. The Bertz CT molecular complexity index is 491. The largest absolute Gasteiger partial charge is 0.494 e. The van der Waals surface area contributed by atoms with Crippen molar-refractivity contribution < 1.29 is 19.1 Å². The summed E-state index contributed by atoms with van der Waals surface area (Å²) in [6.07, 6.45) is 0.471. The third-order valence-corrected chi connectivity index (χ3v) is 3.19. The van der Waals surface area contributed by atoms with E-state index in [0.717, 1.165) is 11.3 Å². The number of esters is 1. The monoisotopic (exact) mass is 344 g/mol. The number of nitrogens with one attached hydrogen (secondary N) is 1. The molecule has 0 heterocycles. The summed E-state index contributed by atoms with van der Waals surface area (Å²) in [6.45, 7) is 4.31. The third-order valence-electron chi connectivity index (χ3n) is 3.19. The van der Waals surface area contributed by atoms with Gasteiger partial charge in [-0.05, 0) is 38.0 Å². The van der Waals surface area contributed by atoms with Crippen molar-refractivity contribution in [3.05, 3.63) is 29.8 Å². The van der Waals surface area contributed by atoms with E-state index in [1.807, 2.05) is 31.2 Å². The molecule has 6 nitrogen and oxygen atoms in total. The predicted molar refractivity (Wildman–Crippen MR) is 90.7 cm³/mol. The number of halogens is 1. The van der Waals surface area contributed by atoms with Crippen LogP contribution < -0.4 is 15.8 Å². The summed E-state index contributed by atoms with van der Waals surface area (Å²) < 4.78 is 10.2. The molecule has 130 valence electrons. The molecule has 1 unspecified atom stereocenters. The van der Waals surface area contributed by atoms with Gasteiger partial charge in [-0.3, -0.25) is 9.59 Å². The van der Waals surface area contributed by atoms with Crippen LogP contribution in [0.5, 0.6) is 5.75 Å². The highest BCUT2D eigenvalue weighted by molar-refractivity contribution is 5.85. The first-order valence-electron chi connectivity index (χ1n) is 7.30. The lowest BCUT2D eigenvalue weighted by atomic mass is 9.99. The Morgan fingerprint density at radius 1 is 1.26 bits per heavy atom. The number of ether oxygens (including phenoxy) is 2. The smallest absolute Gasteiger partial charge is 0.310 e. The molecule has 0 spiro atoms. The van der Waals surface area contributed by atoms with E-state index in [2.05, 4.69) is 5.32 Å². The minimum atomic E-state index is -0.608. The van der Waals surface area contributed by atoms with Crippen molar-refractivity contribution in [2.24, 2.45) is 11.7 Å². The molecular weight excluding hydrogens is 320 g/mol. The number of rotatable bonds is 8. The number of benzene rings is 1.